The van der Waals surface area contributed by atoms with Crippen LogP contribution in [0.1, 0.15) is 24.1 Å². The second-order valence-corrected chi connectivity index (χ2v) is 4.96. The molecule has 1 heterocycles. The molecule has 0 spiro atoms. The van der Waals surface area contributed by atoms with E-state index in [0.29, 0.717) is 0 Å². The molecule has 114 valence electrons. The lowest BCUT2D eigenvalue weighted by Crippen LogP contribution is -2.26. The summed E-state index contributed by atoms with van der Waals surface area (Å²) in [4.78, 5) is 0. The molecule has 2 aromatic rings. The minimum Gasteiger partial charge on any atom is -0.497 e. The van der Waals surface area contributed by atoms with Crippen LogP contribution in [-0.2, 0) is 6.54 Å². The minimum atomic E-state index is 0.111. The van der Waals surface area contributed by atoms with Crippen LogP contribution in [0.3, 0.4) is 0 Å². The van der Waals surface area contributed by atoms with E-state index >= 15 is 0 Å². The van der Waals surface area contributed by atoms with Gasteiger partial charge in [0.15, 0.2) is 0 Å². The SMILES string of the molecule is CCNC(Cn1cc(C)cn1)c1cc(OC)ccc1OC. The van der Waals surface area contributed by atoms with Crippen molar-refractivity contribution in [3.63, 3.8) is 0 Å². The van der Waals surface area contributed by atoms with Crippen molar-refractivity contribution in [3.8, 4) is 11.5 Å². The summed E-state index contributed by atoms with van der Waals surface area (Å²) < 4.78 is 12.8. The van der Waals surface area contributed by atoms with Gasteiger partial charge in [0, 0.05) is 11.8 Å². The van der Waals surface area contributed by atoms with Crippen molar-refractivity contribution in [2.45, 2.75) is 26.4 Å². The van der Waals surface area contributed by atoms with E-state index in [2.05, 4.69) is 17.3 Å². The van der Waals surface area contributed by atoms with Gasteiger partial charge in [0.1, 0.15) is 11.5 Å². The van der Waals surface area contributed by atoms with E-state index in [9.17, 15) is 0 Å². The second-order valence-electron chi connectivity index (χ2n) is 4.96. The van der Waals surface area contributed by atoms with Crippen molar-refractivity contribution in [2.24, 2.45) is 0 Å². The Kier molecular flexibility index (Phi) is 5.22. The Morgan fingerprint density at radius 1 is 1.29 bits per heavy atom. The van der Waals surface area contributed by atoms with Crippen LogP contribution in [0.4, 0.5) is 0 Å². The maximum atomic E-state index is 5.49. The summed E-state index contributed by atoms with van der Waals surface area (Å²) in [7, 11) is 3.36. The molecular weight excluding hydrogens is 266 g/mol. The molecule has 5 nitrogen and oxygen atoms in total. The number of nitrogens with zero attached hydrogens (tertiary/aromatic N) is 2. The number of ether oxygens (including phenoxy) is 2. The summed E-state index contributed by atoms with van der Waals surface area (Å²) in [5.74, 6) is 1.68. The summed E-state index contributed by atoms with van der Waals surface area (Å²) in [6, 6.07) is 5.97. The van der Waals surface area contributed by atoms with Crippen LogP contribution in [0.15, 0.2) is 30.6 Å². The first kappa shape index (κ1) is 15.4. The van der Waals surface area contributed by atoms with Crippen molar-refractivity contribution in [3.05, 3.63) is 41.7 Å². The summed E-state index contributed by atoms with van der Waals surface area (Å²) in [5, 5.41) is 7.85. The molecule has 0 fully saturated rings. The molecule has 0 aliphatic carbocycles. The molecule has 2 rings (SSSR count). The molecule has 0 aliphatic rings. The van der Waals surface area contributed by atoms with E-state index in [1.165, 1.54) is 0 Å². The predicted molar refractivity (Wildman–Crippen MR) is 82.9 cm³/mol. The van der Waals surface area contributed by atoms with E-state index in [1.54, 1.807) is 14.2 Å². The fourth-order valence-corrected chi connectivity index (χ4v) is 2.38. The average molecular weight is 289 g/mol. The van der Waals surface area contributed by atoms with Gasteiger partial charge in [0.2, 0.25) is 0 Å². The molecule has 0 radical (unpaired) electrons. The topological polar surface area (TPSA) is 48.3 Å². The first-order valence-electron chi connectivity index (χ1n) is 7.12. The van der Waals surface area contributed by atoms with Crippen molar-refractivity contribution in [1.29, 1.82) is 0 Å². The maximum absolute atomic E-state index is 5.49. The molecule has 0 saturated heterocycles. The van der Waals surface area contributed by atoms with Crippen LogP contribution in [-0.4, -0.2) is 30.5 Å². The van der Waals surface area contributed by atoms with Gasteiger partial charge in [-0.15, -0.1) is 0 Å². The van der Waals surface area contributed by atoms with Crippen molar-refractivity contribution in [2.75, 3.05) is 20.8 Å². The number of methoxy groups -OCH3 is 2. The third-order valence-corrected chi connectivity index (χ3v) is 3.39. The monoisotopic (exact) mass is 289 g/mol. The Balaban J connectivity index is 2.31. The first-order valence-corrected chi connectivity index (χ1v) is 7.12. The predicted octanol–water partition coefficient (Wildman–Crippen LogP) is 2.56. The highest BCUT2D eigenvalue weighted by Crippen LogP contribution is 2.30. The van der Waals surface area contributed by atoms with Gasteiger partial charge in [-0.2, -0.15) is 5.10 Å². The van der Waals surface area contributed by atoms with E-state index in [0.717, 1.165) is 35.7 Å². The number of hydrogen-bond acceptors (Lipinski definition) is 4. The molecule has 1 N–H and O–H groups in total. The lowest BCUT2D eigenvalue weighted by atomic mass is 10.0. The Bertz CT molecular complexity index is 581. The van der Waals surface area contributed by atoms with Gasteiger partial charge in [0.05, 0.1) is 33.0 Å². The average Bonchev–Trinajstić information content (AvgIpc) is 2.91. The standard InChI is InChI=1S/C16H23N3O2/c1-5-17-15(11-19-10-12(2)9-18-19)14-8-13(20-3)6-7-16(14)21-4/h6-10,15,17H,5,11H2,1-4H3. The Labute approximate surface area is 125 Å². The molecule has 0 bridgehead atoms. The Hall–Kier alpha value is -2.01. The van der Waals surface area contributed by atoms with Crippen LogP contribution in [0.25, 0.3) is 0 Å². The molecule has 0 amide bonds. The summed E-state index contributed by atoms with van der Waals surface area (Å²) in [5.41, 5.74) is 2.23. The molecule has 0 aliphatic heterocycles. The minimum absolute atomic E-state index is 0.111. The second kappa shape index (κ2) is 7.13. The third-order valence-electron chi connectivity index (χ3n) is 3.39. The number of hydrogen-bond donors (Lipinski definition) is 1. The van der Waals surface area contributed by atoms with Crippen LogP contribution in [0.2, 0.25) is 0 Å². The zero-order valence-electron chi connectivity index (χ0n) is 13.1. The fourth-order valence-electron chi connectivity index (χ4n) is 2.38. The van der Waals surface area contributed by atoms with Gasteiger partial charge >= 0.3 is 0 Å². The van der Waals surface area contributed by atoms with Crippen LogP contribution < -0.4 is 14.8 Å². The van der Waals surface area contributed by atoms with E-state index in [4.69, 9.17) is 9.47 Å². The summed E-state index contributed by atoms with van der Waals surface area (Å²) in [6.07, 6.45) is 3.91. The molecule has 1 aromatic heterocycles. The Morgan fingerprint density at radius 3 is 2.67 bits per heavy atom. The highest BCUT2D eigenvalue weighted by atomic mass is 16.5. The van der Waals surface area contributed by atoms with Crippen LogP contribution in [0, 0.1) is 6.92 Å². The highest BCUT2D eigenvalue weighted by molar-refractivity contribution is 5.42. The number of aromatic nitrogens is 2. The van der Waals surface area contributed by atoms with Crippen molar-refractivity contribution in [1.82, 2.24) is 15.1 Å². The van der Waals surface area contributed by atoms with Gasteiger partial charge in [-0.3, -0.25) is 4.68 Å². The zero-order valence-corrected chi connectivity index (χ0v) is 13.1. The van der Waals surface area contributed by atoms with Gasteiger partial charge in [-0.25, -0.2) is 0 Å². The fraction of sp³-hybridized carbons (Fsp3) is 0.438. The number of aryl methyl sites for hydroxylation is 1. The first-order chi connectivity index (χ1) is 10.2. The molecule has 0 saturated carbocycles. The van der Waals surface area contributed by atoms with Crippen LogP contribution >= 0.6 is 0 Å². The lowest BCUT2D eigenvalue weighted by molar-refractivity contribution is 0.378. The quantitative estimate of drug-likeness (QED) is 0.851. The number of nitrogens with one attached hydrogen (secondary N) is 1. The van der Waals surface area contributed by atoms with Gasteiger partial charge in [-0.05, 0) is 37.2 Å². The molecule has 1 unspecified atom stereocenters. The number of likely N-dealkylation sites (N-methyl/N-ethyl adjacent to an activating group) is 1. The largest absolute Gasteiger partial charge is 0.497 e. The summed E-state index contributed by atoms with van der Waals surface area (Å²) >= 11 is 0. The summed E-state index contributed by atoms with van der Waals surface area (Å²) in [6.45, 7) is 5.74. The molecular formula is C16H23N3O2. The van der Waals surface area contributed by atoms with Gasteiger partial charge in [-0.1, -0.05) is 6.92 Å². The van der Waals surface area contributed by atoms with E-state index < -0.39 is 0 Å². The zero-order chi connectivity index (χ0) is 15.2. The normalized spacial score (nSPS) is 12.2. The van der Waals surface area contributed by atoms with Gasteiger partial charge in [0.25, 0.3) is 0 Å². The van der Waals surface area contributed by atoms with E-state index in [-0.39, 0.29) is 6.04 Å². The smallest absolute Gasteiger partial charge is 0.123 e. The van der Waals surface area contributed by atoms with Crippen LogP contribution in [0.5, 0.6) is 11.5 Å². The number of benzene rings is 1. The molecule has 1 aromatic carbocycles. The van der Waals surface area contributed by atoms with E-state index in [1.807, 2.05) is 42.2 Å². The molecule has 21 heavy (non-hydrogen) atoms. The van der Waals surface area contributed by atoms with Crippen molar-refractivity contribution >= 4 is 0 Å². The highest BCUT2D eigenvalue weighted by Gasteiger charge is 2.17. The third kappa shape index (κ3) is 3.76. The maximum Gasteiger partial charge on any atom is 0.123 e. The number of rotatable bonds is 7. The lowest BCUT2D eigenvalue weighted by Gasteiger charge is -2.21. The van der Waals surface area contributed by atoms with Gasteiger partial charge < -0.3 is 14.8 Å². The van der Waals surface area contributed by atoms with Crippen molar-refractivity contribution < 1.29 is 9.47 Å². The Morgan fingerprint density at radius 2 is 2.10 bits per heavy atom. The molecule has 1 atom stereocenters. The molecule has 5 heteroatoms.